The maximum Gasteiger partial charge on any atom is 0.339 e. The molecule has 2 N–H and O–H groups in total. The van der Waals surface area contributed by atoms with Gasteiger partial charge in [-0.25, -0.2) is 19.2 Å². The predicted octanol–water partition coefficient (Wildman–Crippen LogP) is 5.69. The summed E-state index contributed by atoms with van der Waals surface area (Å²) in [6.07, 6.45) is 5.53. The third-order valence-electron chi connectivity index (χ3n) is 6.81. The highest BCUT2D eigenvalue weighted by molar-refractivity contribution is 5.92. The summed E-state index contributed by atoms with van der Waals surface area (Å²) < 4.78 is 28.0. The molecule has 5 rings (SSSR count). The van der Waals surface area contributed by atoms with Gasteiger partial charge in [0.25, 0.3) is 0 Å². The van der Waals surface area contributed by atoms with E-state index in [1.807, 2.05) is 17.6 Å². The summed E-state index contributed by atoms with van der Waals surface area (Å²) >= 11 is 0. The van der Waals surface area contributed by atoms with Gasteiger partial charge >= 0.3 is 5.97 Å². The van der Waals surface area contributed by atoms with Crippen LogP contribution in [0.5, 0.6) is 11.5 Å². The van der Waals surface area contributed by atoms with Gasteiger partial charge in [-0.2, -0.15) is 0 Å². The molecular weight excluding hydrogens is 475 g/mol. The summed E-state index contributed by atoms with van der Waals surface area (Å²) in [6.45, 7) is 2.96. The summed E-state index contributed by atoms with van der Waals surface area (Å²) in [5, 5.41) is 13.6. The molecule has 2 aromatic heterocycles. The van der Waals surface area contributed by atoms with Crippen molar-refractivity contribution in [2.45, 2.75) is 45.3 Å². The second-order valence-corrected chi connectivity index (χ2v) is 9.20. The van der Waals surface area contributed by atoms with Gasteiger partial charge in [-0.05, 0) is 62.9 Å². The van der Waals surface area contributed by atoms with E-state index in [-0.39, 0.29) is 17.5 Å². The highest BCUT2D eigenvalue weighted by atomic mass is 19.1. The number of benzene rings is 2. The lowest BCUT2D eigenvalue weighted by Gasteiger charge is -2.16. The van der Waals surface area contributed by atoms with Crippen LogP contribution in [0.1, 0.15) is 41.7 Å². The number of aromatic nitrogens is 3. The van der Waals surface area contributed by atoms with Gasteiger partial charge in [0.05, 0.1) is 24.4 Å². The number of carboxylic acids is 1. The monoisotopic (exact) mass is 504 g/mol. The Hall–Kier alpha value is -4.14. The Morgan fingerprint density at radius 3 is 2.70 bits per heavy atom. The summed E-state index contributed by atoms with van der Waals surface area (Å²) in [4.78, 5) is 20.4. The number of aryl methyl sites for hydroxylation is 1. The molecule has 0 atom stereocenters. The van der Waals surface area contributed by atoms with E-state index in [0.717, 1.165) is 42.3 Å². The van der Waals surface area contributed by atoms with Gasteiger partial charge in [0.1, 0.15) is 35.0 Å². The molecule has 2 heterocycles. The summed E-state index contributed by atoms with van der Waals surface area (Å²) in [5.41, 5.74) is 2.96. The van der Waals surface area contributed by atoms with Crippen molar-refractivity contribution in [2.24, 2.45) is 0 Å². The van der Waals surface area contributed by atoms with E-state index in [4.69, 9.17) is 9.47 Å². The van der Waals surface area contributed by atoms with Gasteiger partial charge in [0, 0.05) is 35.8 Å². The molecule has 0 saturated heterocycles. The van der Waals surface area contributed by atoms with Gasteiger partial charge in [0.15, 0.2) is 0 Å². The molecule has 0 spiro atoms. The number of rotatable bonds is 9. The van der Waals surface area contributed by atoms with Crippen LogP contribution in [0.3, 0.4) is 0 Å². The van der Waals surface area contributed by atoms with Crippen LogP contribution in [-0.4, -0.2) is 45.4 Å². The van der Waals surface area contributed by atoms with Gasteiger partial charge < -0.3 is 24.5 Å². The van der Waals surface area contributed by atoms with Gasteiger partial charge in [0.2, 0.25) is 0 Å². The highest BCUT2D eigenvalue weighted by Crippen LogP contribution is 2.32. The first kappa shape index (κ1) is 24.5. The zero-order chi connectivity index (χ0) is 25.9. The maximum atomic E-state index is 14.6. The van der Waals surface area contributed by atoms with Crippen molar-refractivity contribution in [3.8, 4) is 22.8 Å². The number of aromatic carboxylic acids is 1. The molecule has 0 radical (unpaired) electrons. The average molecular weight is 505 g/mol. The number of hydrogen-bond acceptors (Lipinski definition) is 6. The third kappa shape index (κ3) is 5.07. The number of fused-ring (bicyclic) bond motifs is 1. The summed E-state index contributed by atoms with van der Waals surface area (Å²) in [6, 6.07) is 11.8. The van der Waals surface area contributed by atoms with Crippen LogP contribution < -0.4 is 14.8 Å². The quantitative estimate of drug-likeness (QED) is 0.302. The number of carbonyl (C=O) groups is 1. The van der Waals surface area contributed by atoms with E-state index in [1.165, 1.54) is 12.4 Å². The Morgan fingerprint density at radius 2 is 1.95 bits per heavy atom. The first-order valence-corrected chi connectivity index (χ1v) is 12.4. The normalized spacial score (nSPS) is 13.7. The van der Waals surface area contributed by atoms with Crippen molar-refractivity contribution in [1.29, 1.82) is 0 Å². The zero-order valence-corrected chi connectivity index (χ0v) is 20.8. The number of hydrogen-bond donors (Lipinski definition) is 2. The predicted molar refractivity (Wildman–Crippen MR) is 139 cm³/mol. The van der Waals surface area contributed by atoms with Crippen molar-refractivity contribution in [2.75, 3.05) is 19.0 Å². The molecule has 8 nitrogen and oxygen atoms in total. The Labute approximate surface area is 214 Å². The fourth-order valence-electron chi connectivity index (χ4n) is 4.96. The van der Waals surface area contributed by atoms with Gasteiger partial charge in [-0.3, -0.25) is 0 Å². The molecule has 0 unspecified atom stereocenters. The molecule has 1 saturated carbocycles. The van der Waals surface area contributed by atoms with Crippen LogP contribution in [0.15, 0.2) is 48.8 Å². The summed E-state index contributed by atoms with van der Waals surface area (Å²) in [7, 11) is 1.58. The minimum atomic E-state index is -1.02. The molecule has 1 fully saturated rings. The van der Waals surface area contributed by atoms with Gasteiger partial charge in [-0.1, -0.05) is 6.07 Å². The smallest absolute Gasteiger partial charge is 0.339 e. The number of nitrogens with one attached hydrogen (secondary N) is 1. The number of ether oxygens (including phenoxy) is 2. The molecule has 4 aromatic rings. The highest BCUT2D eigenvalue weighted by Gasteiger charge is 2.21. The van der Waals surface area contributed by atoms with E-state index in [1.54, 1.807) is 37.4 Å². The first-order valence-electron chi connectivity index (χ1n) is 12.4. The number of nitrogens with zero attached hydrogens (tertiary/aromatic N) is 3. The first-order chi connectivity index (χ1) is 17.9. The van der Waals surface area contributed by atoms with Crippen molar-refractivity contribution in [3.63, 3.8) is 0 Å². The molecule has 0 amide bonds. The minimum Gasteiger partial charge on any atom is -0.496 e. The van der Waals surface area contributed by atoms with Crippen molar-refractivity contribution >= 4 is 22.7 Å². The number of methoxy groups -OCH3 is 1. The SMILES string of the molecule is COc1ccc(F)c2c1cc(C)n2CCNc1cc(-c2ccc(C(=O)O)c(OC3CCCC3)c2)ncn1. The fraction of sp³-hybridized carbons (Fsp3) is 0.321. The lowest BCUT2D eigenvalue weighted by molar-refractivity contribution is 0.0689. The van der Waals surface area contributed by atoms with E-state index in [9.17, 15) is 14.3 Å². The third-order valence-corrected chi connectivity index (χ3v) is 6.81. The second-order valence-electron chi connectivity index (χ2n) is 9.20. The Morgan fingerprint density at radius 1 is 1.14 bits per heavy atom. The topological polar surface area (TPSA) is 98.5 Å². The molecule has 1 aliphatic rings. The number of halogens is 1. The van der Waals surface area contributed by atoms with Crippen molar-refractivity contribution in [1.82, 2.24) is 14.5 Å². The molecular formula is C28H29FN4O4. The standard InChI is InChI=1S/C28H29FN4O4/c1-17-13-21-24(36-2)10-9-22(29)27(21)33(17)12-11-30-26-15-23(31-16-32-26)18-7-8-20(28(34)35)25(14-18)37-19-5-3-4-6-19/h7-10,13-16,19H,3-6,11-12H2,1-2H3,(H,34,35)(H,30,31,32). The summed E-state index contributed by atoms with van der Waals surface area (Å²) in [5.74, 6) is 0.284. The molecule has 37 heavy (non-hydrogen) atoms. The van der Waals surface area contributed by atoms with E-state index < -0.39 is 5.97 Å². The zero-order valence-electron chi connectivity index (χ0n) is 20.8. The number of anilines is 1. The minimum absolute atomic E-state index is 0.0361. The lowest BCUT2D eigenvalue weighted by Crippen LogP contribution is -2.14. The molecule has 0 aliphatic heterocycles. The molecule has 2 aromatic carbocycles. The van der Waals surface area contributed by atoms with E-state index in [0.29, 0.717) is 41.6 Å². The molecule has 9 heteroatoms. The fourth-order valence-corrected chi connectivity index (χ4v) is 4.96. The molecule has 1 aliphatic carbocycles. The Kier molecular flexibility index (Phi) is 6.94. The van der Waals surface area contributed by atoms with E-state index in [2.05, 4.69) is 15.3 Å². The second kappa shape index (κ2) is 10.5. The van der Waals surface area contributed by atoms with Crippen LogP contribution in [-0.2, 0) is 6.54 Å². The Bertz CT molecular complexity index is 1450. The largest absolute Gasteiger partial charge is 0.496 e. The average Bonchev–Trinajstić information content (AvgIpc) is 3.52. The molecule has 0 bridgehead atoms. The van der Waals surface area contributed by atoms with Crippen molar-refractivity contribution < 1.29 is 23.8 Å². The van der Waals surface area contributed by atoms with Crippen LogP contribution in [0.25, 0.3) is 22.2 Å². The van der Waals surface area contributed by atoms with Crippen LogP contribution in [0, 0.1) is 12.7 Å². The van der Waals surface area contributed by atoms with Crippen LogP contribution >= 0.6 is 0 Å². The van der Waals surface area contributed by atoms with Crippen molar-refractivity contribution in [3.05, 3.63) is 65.9 Å². The van der Waals surface area contributed by atoms with Crippen LogP contribution in [0.2, 0.25) is 0 Å². The van der Waals surface area contributed by atoms with E-state index >= 15 is 0 Å². The molecule has 192 valence electrons. The maximum absolute atomic E-state index is 14.6. The van der Waals surface area contributed by atoms with Gasteiger partial charge in [-0.15, -0.1) is 0 Å². The lowest BCUT2D eigenvalue weighted by atomic mass is 10.1. The number of carboxylic acid groups (broad SMARTS) is 1. The Balaban J connectivity index is 1.33. The van der Waals surface area contributed by atoms with Crippen LogP contribution in [0.4, 0.5) is 10.2 Å².